The molecule has 1 amide bonds. The Balaban J connectivity index is 2.22. The predicted octanol–water partition coefficient (Wildman–Crippen LogP) is 2.35. The normalized spacial score (nSPS) is 23.4. The number of rotatable bonds is 2. The molecular weight excluding hydrogens is 308 g/mol. The third-order valence-corrected chi connectivity index (χ3v) is 4.19. The molecule has 1 aromatic carbocycles. The van der Waals surface area contributed by atoms with Crippen LogP contribution in [-0.4, -0.2) is 35.0 Å². The number of hydrogen-bond donors (Lipinski definition) is 2. The second-order valence-electron chi connectivity index (χ2n) is 5.18. The van der Waals surface area contributed by atoms with Crippen molar-refractivity contribution in [1.29, 1.82) is 0 Å². The van der Waals surface area contributed by atoms with E-state index in [1.807, 2.05) is 0 Å². The van der Waals surface area contributed by atoms with Gasteiger partial charge in [0.15, 0.2) is 0 Å². The fraction of sp³-hybridized carbons (Fsp3) is 0.500. The Morgan fingerprint density at radius 2 is 2.32 bits per heavy atom. The summed E-state index contributed by atoms with van der Waals surface area (Å²) in [7, 11) is 0. The minimum absolute atomic E-state index is 0.00812. The van der Waals surface area contributed by atoms with Gasteiger partial charge in [0.2, 0.25) is 0 Å². The molecule has 1 aliphatic heterocycles. The van der Waals surface area contributed by atoms with E-state index in [1.54, 1.807) is 17.0 Å². The zero-order valence-electron chi connectivity index (χ0n) is 11.0. The Labute approximate surface area is 121 Å². The first-order chi connectivity index (χ1) is 9.02. The lowest BCUT2D eigenvalue weighted by atomic mass is 9.92. The van der Waals surface area contributed by atoms with E-state index in [1.165, 1.54) is 6.07 Å². The van der Waals surface area contributed by atoms with Gasteiger partial charge in [-0.15, -0.1) is 0 Å². The molecule has 1 aromatic rings. The smallest absolute Gasteiger partial charge is 0.257 e. The van der Waals surface area contributed by atoms with Crippen LogP contribution in [-0.2, 0) is 0 Å². The number of halogens is 1. The number of phenolic OH excluding ortho intramolecular Hbond substituents is 1. The first-order valence-electron chi connectivity index (χ1n) is 6.52. The zero-order valence-corrected chi connectivity index (χ0v) is 12.6. The largest absolute Gasteiger partial charge is 0.507 e. The van der Waals surface area contributed by atoms with Gasteiger partial charge in [0.1, 0.15) is 5.75 Å². The summed E-state index contributed by atoms with van der Waals surface area (Å²) in [5, 5.41) is 9.89. The number of piperidine rings is 1. The highest BCUT2D eigenvalue weighted by Crippen LogP contribution is 2.28. The van der Waals surface area contributed by atoms with Crippen molar-refractivity contribution in [2.24, 2.45) is 11.7 Å². The van der Waals surface area contributed by atoms with Crippen LogP contribution in [0.5, 0.6) is 5.75 Å². The number of aromatic hydroxyl groups is 1. The monoisotopic (exact) mass is 326 g/mol. The number of carbonyl (C=O) groups excluding carboxylic acids is 1. The summed E-state index contributed by atoms with van der Waals surface area (Å²) in [5.74, 6) is 0.470. The molecule has 3 N–H and O–H groups in total. The zero-order chi connectivity index (χ0) is 14.0. The summed E-state index contributed by atoms with van der Waals surface area (Å²) < 4.78 is 0.754. The fourth-order valence-corrected chi connectivity index (χ4v) is 2.93. The number of nitrogens with two attached hydrogens (primary N) is 1. The average Bonchev–Trinajstić information content (AvgIpc) is 2.37. The van der Waals surface area contributed by atoms with Crippen molar-refractivity contribution in [2.45, 2.75) is 25.8 Å². The number of likely N-dealkylation sites (tertiary alicyclic amines) is 1. The maximum absolute atomic E-state index is 12.5. The van der Waals surface area contributed by atoms with Gasteiger partial charge in [-0.3, -0.25) is 4.79 Å². The standard InChI is InChI=1S/C14H19BrN2O2/c1-9-4-5-17(11(6-9)8-16)14(19)12-3-2-10(15)7-13(12)18/h2-3,7,9,11,18H,4-6,8,16H2,1H3. The molecule has 1 heterocycles. The van der Waals surface area contributed by atoms with E-state index in [9.17, 15) is 9.90 Å². The number of phenols is 1. The van der Waals surface area contributed by atoms with E-state index >= 15 is 0 Å². The summed E-state index contributed by atoms with van der Waals surface area (Å²) in [6.45, 7) is 3.35. The van der Waals surface area contributed by atoms with Gasteiger partial charge in [-0.1, -0.05) is 22.9 Å². The second kappa shape index (κ2) is 5.92. The molecule has 0 radical (unpaired) electrons. The van der Waals surface area contributed by atoms with Crippen LogP contribution < -0.4 is 5.73 Å². The number of nitrogens with zero attached hydrogens (tertiary/aromatic N) is 1. The van der Waals surface area contributed by atoms with Gasteiger partial charge in [-0.2, -0.15) is 0 Å². The molecule has 0 aromatic heterocycles. The van der Waals surface area contributed by atoms with Gasteiger partial charge < -0.3 is 15.7 Å². The summed E-state index contributed by atoms with van der Waals surface area (Å²) in [6, 6.07) is 5.01. The van der Waals surface area contributed by atoms with Crippen molar-refractivity contribution >= 4 is 21.8 Å². The highest BCUT2D eigenvalue weighted by molar-refractivity contribution is 9.10. The highest BCUT2D eigenvalue weighted by Gasteiger charge is 2.30. The summed E-state index contributed by atoms with van der Waals surface area (Å²) >= 11 is 3.27. The second-order valence-corrected chi connectivity index (χ2v) is 6.09. The molecule has 2 unspecified atom stereocenters. The Morgan fingerprint density at radius 1 is 1.58 bits per heavy atom. The molecule has 1 fully saturated rings. The Bertz CT molecular complexity index is 479. The third kappa shape index (κ3) is 3.09. The van der Waals surface area contributed by atoms with Crippen LogP contribution >= 0.6 is 15.9 Å². The van der Waals surface area contributed by atoms with Crippen molar-refractivity contribution in [2.75, 3.05) is 13.1 Å². The minimum Gasteiger partial charge on any atom is -0.507 e. The summed E-state index contributed by atoms with van der Waals surface area (Å²) in [6.07, 6.45) is 1.92. The third-order valence-electron chi connectivity index (χ3n) is 3.70. The first-order valence-corrected chi connectivity index (χ1v) is 7.31. The van der Waals surface area contributed by atoms with Crippen molar-refractivity contribution in [3.63, 3.8) is 0 Å². The number of benzene rings is 1. The van der Waals surface area contributed by atoms with Gasteiger partial charge in [-0.05, 0) is 37.0 Å². The Kier molecular flexibility index (Phi) is 4.47. The summed E-state index contributed by atoms with van der Waals surface area (Å²) in [5.41, 5.74) is 6.11. The highest BCUT2D eigenvalue weighted by atomic mass is 79.9. The molecule has 1 aliphatic rings. The molecule has 4 nitrogen and oxygen atoms in total. The lowest BCUT2D eigenvalue weighted by Crippen LogP contribution is -2.49. The number of carbonyl (C=O) groups is 1. The van der Waals surface area contributed by atoms with E-state index in [4.69, 9.17) is 5.73 Å². The molecule has 5 heteroatoms. The van der Waals surface area contributed by atoms with Crippen LogP contribution in [0.15, 0.2) is 22.7 Å². The first kappa shape index (κ1) is 14.3. The molecule has 0 bridgehead atoms. The van der Waals surface area contributed by atoms with E-state index < -0.39 is 0 Å². The van der Waals surface area contributed by atoms with Crippen LogP contribution in [0.4, 0.5) is 0 Å². The van der Waals surface area contributed by atoms with E-state index in [2.05, 4.69) is 22.9 Å². The molecule has 0 aliphatic carbocycles. The summed E-state index contributed by atoms with van der Waals surface area (Å²) in [4.78, 5) is 14.3. The van der Waals surface area contributed by atoms with Gasteiger partial charge in [0.05, 0.1) is 5.56 Å². The topological polar surface area (TPSA) is 66.6 Å². The van der Waals surface area contributed by atoms with Crippen molar-refractivity contribution in [3.05, 3.63) is 28.2 Å². The molecule has 2 rings (SSSR count). The van der Waals surface area contributed by atoms with Crippen LogP contribution in [0, 0.1) is 5.92 Å². The van der Waals surface area contributed by atoms with Crippen LogP contribution in [0.25, 0.3) is 0 Å². The number of amides is 1. The van der Waals surface area contributed by atoms with Gasteiger partial charge in [0, 0.05) is 23.6 Å². The molecule has 19 heavy (non-hydrogen) atoms. The quantitative estimate of drug-likeness (QED) is 0.876. The Morgan fingerprint density at radius 3 is 2.95 bits per heavy atom. The predicted molar refractivity (Wildman–Crippen MR) is 78.1 cm³/mol. The van der Waals surface area contributed by atoms with E-state index in [-0.39, 0.29) is 17.7 Å². The number of hydrogen-bond acceptors (Lipinski definition) is 3. The Hall–Kier alpha value is -1.07. The average molecular weight is 327 g/mol. The molecular formula is C14H19BrN2O2. The van der Waals surface area contributed by atoms with Crippen molar-refractivity contribution in [3.8, 4) is 5.75 Å². The minimum atomic E-state index is -0.132. The fourth-order valence-electron chi connectivity index (χ4n) is 2.58. The SMILES string of the molecule is CC1CCN(C(=O)c2ccc(Br)cc2O)C(CN)C1. The molecule has 0 saturated carbocycles. The van der Waals surface area contributed by atoms with E-state index in [0.717, 1.165) is 17.3 Å². The van der Waals surface area contributed by atoms with E-state index in [0.29, 0.717) is 24.6 Å². The van der Waals surface area contributed by atoms with Crippen LogP contribution in [0.3, 0.4) is 0 Å². The molecule has 1 saturated heterocycles. The van der Waals surface area contributed by atoms with Gasteiger partial charge >= 0.3 is 0 Å². The molecule has 0 spiro atoms. The van der Waals surface area contributed by atoms with Gasteiger partial charge in [0.25, 0.3) is 5.91 Å². The van der Waals surface area contributed by atoms with Crippen LogP contribution in [0.2, 0.25) is 0 Å². The maximum Gasteiger partial charge on any atom is 0.257 e. The maximum atomic E-state index is 12.5. The van der Waals surface area contributed by atoms with Crippen LogP contribution in [0.1, 0.15) is 30.1 Å². The molecule has 2 atom stereocenters. The molecule has 104 valence electrons. The van der Waals surface area contributed by atoms with Crippen molar-refractivity contribution < 1.29 is 9.90 Å². The lowest BCUT2D eigenvalue weighted by molar-refractivity contribution is 0.0570. The van der Waals surface area contributed by atoms with Gasteiger partial charge in [-0.25, -0.2) is 0 Å². The lowest BCUT2D eigenvalue weighted by Gasteiger charge is -2.38. The van der Waals surface area contributed by atoms with Crippen molar-refractivity contribution in [1.82, 2.24) is 4.90 Å².